The van der Waals surface area contributed by atoms with Crippen molar-refractivity contribution in [3.63, 3.8) is 0 Å². The largest absolute Gasteiger partial charge is 0.493 e. The quantitative estimate of drug-likeness (QED) is 0.492. The summed E-state index contributed by atoms with van der Waals surface area (Å²) >= 11 is 0. The van der Waals surface area contributed by atoms with Crippen molar-refractivity contribution in [2.24, 2.45) is 0 Å². The van der Waals surface area contributed by atoms with Crippen LogP contribution in [-0.2, 0) is 4.79 Å². The van der Waals surface area contributed by atoms with Crippen molar-refractivity contribution in [2.45, 2.75) is 6.92 Å². The topological polar surface area (TPSA) is 94.8 Å². The summed E-state index contributed by atoms with van der Waals surface area (Å²) in [7, 11) is 4.68. The maximum absolute atomic E-state index is 12.8. The number of carbonyl (C=O) groups is 1. The molecule has 0 saturated carbocycles. The maximum Gasteiger partial charge on any atom is 0.246 e. The number of aryl methyl sites for hydroxylation is 1. The smallest absolute Gasteiger partial charge is 0.246 e. The number of methoxy groups -OCH3 is 3. The summed E-state index contributed by atoms with van der Waals surface area (Å²) in [6, 6.07) is 7.44. The van der Waals surface area contributed by atoms with Gasteiger partial charge in [-0.15, -0.1) is 0 Å². The average Bonchev–Trinajstić information content (AvgIpc) is 3.33. The number of rotatable bonds is 7. The van der Waals surface area contributed by atoms with Crippen LogP contribution < -0.4 is 19.1 Å². The Morgan fingerprint density at radius 2 is 1.62 bits per heavy atom. The van der Waals surface area contributed by atoms with E-state index in [4.69, 9.17) is 14.2 Å². The van der Waals surface area contributed by atoms with Crippen molar-refractivity contribution in [1.29, 1.82) is 0 Å². The Labute approximate surface area is 198 Å². The van der Waals surface area contributed by atoms with Gasteiger partial charge >= 0.3 is 0 Å². The van der Waals surface area contributed by atoms with Crippen LogP contribution in [0, 0.1) is 6.92 Å². The molecule has 10 nitrogen and oxygen atoms in total. The summed E-state index contributed by atoms with van der Waals surface area (Å²) in [5.74, 6) is 3.07. The van der Waals surface area contributed by atoms with E-state index >= 15 is 0 Å². The molecule has 0 atom stereocenters. The number of hydrogen-bond acceptors (Lipinski definition) is 8. The molecule has 2 aromatic heterocycles. The number of piperazine rings is 1. The lowest BCUT2D eigenvalue weighted by molar-refractivity contribution is -0.126. The van der Waals surface area contributed by atoms with Gasteiger partial charge < -0.3 is 24.0 Å². The van der Waals surface area contributed by atoms with Crippen LogP contribution in [0.3, 0.4) is 0 Å². The van der Waals surface area contributed by atoms with Crippen LogP contribution in [0.5, 0.6) is 17.2 Å². The number of hydrogen-bond donors (Lipinski definition) is 0. The Balaban J connectivity index is 1.39. The molecule has 3 aromatic rings. The molecule has 0 aliphatic carbocycles. The van der Waals surface area contributed by atoms with Crippen LogP contribution in [-0.4, -0.2) is 78.1 Å². The van der Waals surface area contributed by atoms with Crippen molar-refractivity contribution < 1.29 is 19.0 Å². The highest BCUT2D eigenvalue weighted by Crippen LogP contribution is 2.38. The van der Waals surface area contributed by atoms with Crippen molar-refractivity contribution in [3.8, 4) is 23.1 Å². The van der Waals surface area contributed by atoms with E-state index < -0.39 is 0 Å². The van der Waals surface area contributed by atoms with E-state index in [1.165, 1.54) is 0 Å². The molecule has 178 valence electrons. The number of aromatic nitrogens is 4. The van der Waals surface area contributed by atoms with E-state index in [9.17, 15) is 4.79 Å². The Bertz CT molecular complexity index is 1160. The molecule has 1 amide bonds. The molecule has 1 aromatic carbocycles. The summed E-state index contributed by atoms with van der Waals surface area (Å²) in [4.78, 5) is 25.5. The van der Waals surface area contributed by atoms with Crippen LogP contribution in [0.4, 0.5) is 5.82 Å². The zero-order valence-corrected chi connectivity index (χ0v) is 19.8. The highest BCUT2D eigenvalue weighted by molar-refractivity contribution is 5.92. The maximum atomic E-state index is 12.8. The number of ether oxygens (including phenoxy) is 3. The lowest BCUT2D eigenvalue weighted by atomic mass is 10.1. The van der Waals surface area contributed by atoms with E-state index in [2.05, 4.69) is 20.0 Å². The lowest BCUT2D eigenvalue weighted by Crippen LogP contribution is -2.48. The second-order valence-corrected chi connectivity index (χ2v) is 7.74. The molecule has 3 heterocycles. The van der Waals surface area contributed by atoms with Gasteiger partial charge in [-0.1, -0.05) is 0 Å². The number of anilines is 1. The summed E-state index contributed by atoms with van der Waals surface area (Å²) in [6.07, 6.45) is 6.73. The highest BCUT2D eigenvalue weighted by atomic mass is 16.5. The van der Waals surface area contributed by atoms with Gasteiger partial charge in [0.25, 0.3) is 0 Å². The number of benzene rings is 1. The Kier molecular flexibility index (Phi) is 6.95. The van der Waals surface area contributed by atoms with Crippen LogP contribution in [0.15, 0.2) is 42.9 Å². The van der Waals surface area contributed by atoms with Crippen LogP contribution in [0.1, 0.15) is 11.3 Å². The second-order valence-electron chi connectivity index (χ2n) is 7.74. The summed E-state index contributed by atoms with van der Waals surface area (Å²) in [5.41, 5.74) is 1.70. The second kappa shape index (κ2) is 10.2. The molecule has 0 N–H and O–H groups in total. The van der Waals surface area contributed by atoms with Crippen LogP contribution in [0.25, 0.3) is 11.9 Å². The van der Waals surface area contributed by atoms with Gasteiger partial charge in [0.05, 0.1) is 27.0 Å². The molecule has 1 fully saturated rings. The fourth-order valence-electron chi connectivity index (χ4n) is 3.80. The molecule has 1 aliphatic rings. The monoisotopic (exact) mass is 464 g/mol. The molecule has 0 unspecified atom stereocenters. The van der Waals surface area contributed by atoms with Crippen molar-refractivity contribution >= 4 is 17.8 Å². The van der Waals surface area contributed by atoms with E-state index in [0.29, 0.717) is 49.2 Å². The first-order valence-electron chi connectivity index (χ1n) is 10.9. The Hall–Kier alpha value is -4.08. The predicted molar refractivity (Wildman–Crippen MR) is 128 cm³/mol. The van der Waals surface area contributed by atoms with Crippen LogP contribution in [0.2, 0.25) is 0 Å². The molecular weight excluding hydrogens is 436 g/mol. The minimum atomic E-state index is -0.0520. The first kappa shape index (κ1) is 23.1. The normalized spacial score (nSPS) is 13.9. The molecule has 0 spiro atoms. The highest BCUT2D eigenvalue weighted by Gasteiger charge is 2.21. The van der Waals surface area contributed by atoms with Gasteiger partial charge in [0.1, 0.15) is 12.1 Å². The first-order chi connectivity index (χ1) is 16.5. The van der Waals surface area contributed by atoms with Gasteiger partial charge in [-0.3, -0.25) is 4.79 Å². The lowest BCUT2D eigenvalue weighted by Gasteiger charge is -2.35. The summed E-state index contributed by atoms with van der Waals surface area (Å²) in [5, 5.41) is 4.40. The number of carbonyl (C=O) groups excluding carboxylic acids is 1. The Morgan fingerprint density at radius 3 is 2.21 bits per heavy atom. The van der Waals surface area contributed by atoms with E-state index in [1.54, 1.807) is 56.6 Å². The zero-order chi connectivity index (χ0) is 24.1. The fourth-order valence-corrected chi connectivity index (χ4v) is 3.80. The summed E-state index contributed by atoms with van der Waals surface area (Å²) < 4.78 is 17.8. The van der Waals surface area contributed by atoms with E-state index in [0.717, 1.165) is 17.1 Å². The van der Waals surface area contributed by atoms with Gasteiger partial charge in [0, 0.05) is 44.5 Å². The number of amides is 1. The molecule has 0 bridgehead atoms. The molecule has 1 saturated heterocycles. The SMILES string of the molecule is COc1cc(/C=C/C(=O)N2CCN(c3cc(-n4ccc(C)n4)ncn3)CC2)cc(OC)c1OC. The zero-order valence-electron chi connectivity index (χ0n) is 19.8. The molecule has 34 heavy (non-hydrogen) atoms. The van der Waals surface area contributed by atoms with Crippen molar-refractivity contribution in [3.05, 3.63) is 54.1 Å². The van der Waals surface area contributed by atoms with Gasteiger partial charge in [0.2, 0.25) is 11.7 Å². The summed E-state index contributed by atoms with van der Waals surface area (Å²) in [6.45, 7) is 4.49. The molecule has 1 aliphatic heterocycles. The van der Waals surface area contributed by atoms with Crippen molar-refractivity contribution in [2.75, 3.05) is 52.4 Å². The van der Waals surface area contributed by atoms with Gasteiger partial charge in [-0.05, 0) is 36.8 Å². The average molecular weight is 465 g/mol. The van der Waals surface area contributed by atoms with E-state index in [1.807, 2.05) is 30.2 Å². The third kappa shape index (κ3) is 4.95. The third-order valence-electron chi connectivity index (χ3n) is 5.62. The fraction of sp³-hybridized carbons (Fsp3) is 0.333. The third-order valence-corrected chi connectivity index (χ3v) is 5.62. The molecular formula is C24H28N6O4. The van der Waals surface area contributed by atoms with Gasteiger partial charge in [-0.25, -0.2) is 14.6 Å². The predicted octanol–water partition coefficient (Wildman–Crippen LogP) is 2.36. The minimum Gasteiger partial charge on any atom is -0.493 e. The van der Waals surface area contributed by atoms with Crippen molar-refractivity contribution in [1.82, 2.24) is 24.6 Å². The molecule has 4 rings (SSSR count). The molecule has 10 heteroatoms. The molecule has 0 radical (unpaired) electrons. The van der Waals surface area contributed by atoms with Gasteiger partial charge in [-0.2, -0.15) is 5.10 Å². The minimum absolute atomic E-state index is 0.0520. The number of nitrogens with zero attached hydrogens (tertiary/aromatic N) is 6. The van der Waals surface area contributed by atoms with E-state index in [-0.39, 0.29) is 5.91 Å². The Morgan fingerprint density at radius 1 is 0.941 bits per heavy atom. The standard InChI is InChI=1S/C24H28N6O4/c1-17-7-8-30(27-17)22-15-21(25-16-26-22)28-9-11-29(12-10-28)23(31)6-5-18-13-19(32-2)24(34-4)20(14-18)33-3/h5-8,13-16H,9-12H2,1-4H3/b6-5+. The van der Waals surface area contributed by atoms with Gasteiger partial charge in [0.15, 0.2) is 17.3 Å². The van der Waals surface area contributed by atoms with Crippen LogP contribution >= 0.6 is 0 Å². The first-order valence-corrected chi connectivity index (χ1v) is 10.9.